The number of halogens is 2. The van der Waals surface area contributed by atoms with Crippen LogP contribution in [0.5, 0.6) is 0 Å². The van der Waals surface area contributed by atoms with Crippen molar-refractivity contribution < 1.29 is 0 Å². The standard InChI is InChI=1S/C15H19Cl2N3/c1-5-12-19-13(14(18)20(12)15(2,3)4)10-7-6-9(16)8-11(10)17/h6-8H,5,18H2,1-4H3. The summed E-state index contributed by atoms with van der Waals surface area (Å²) in [5.74, 6) is 1.59. The summed E-state index contributed by atoms with van der Waals surface area (Å²) in [7, 11) is 0. The topological polar surface area (TPSA) is 43.8 Å². The van der Waals surface area contributed by atoms with E-state index >= 15 is 0 Å². The van der Waals surface area contributed by atoms with Crippen molar-refractivity contribution in [3.05, 3.63) is 34.1 Å². The first-order valence-corrected chi connectivity index (χ1v) is 7.34. The fourth-order valence-corrected chi connectivity index (χ4v) is 2.84. The highest BCUT2D eigenvalue weighted by atomic mass is 35.5. The third-order valence-electron chi connectivity index (χ3n) is 3.16. The second-order valence-corrected chi connectivity index (χ2v) is 6.59. The Labute approximate surface area is 129 Å². The van der Waals surface area contributed by atoms with Crippen molar-refractivity contribution in [3.8, 4) is 11.3 Å². The van der Waals surface area contributed by atoms with E-state index in [2.05, 4.69) is 37.2 Å². The second-order valence-electron chi connectivity index (χ2n) is 5.75. The zero-order chi connectivity index (χ0) is 15.1. The summed E-state index contributed by atoms with van der Waals surface area (Å²) in [6.45, 7) is 8.39. The summed E-state index contributed by atoms with van der Waals surface area (Å²) in [6, 6.07) is 5.36. The summed E-state index contributed by atoms with van der Waals surface area (Å²) >= 11 is 12.2. The highest BCUT2D eigenvalue weighted by molar-refractivity contribution is 6.36. The van der Waals surface area contributed by atoms with Gasteiger partial charge in [-0.3, -0.25) is 0 Å². The molecule has 0 spiro atoms. The van der Waals surface area contributed by atoms with Crippen LogP contribution in [-0.2, 0) is 12.0 Å². The summed E-state index contributed by atoms with van der Waals surface area (Å²) in [5.41, 5.74) is 7.72. The van der Waals surface area contributed by atoms with E-state index in [9.17, 15) is 0 Å². The number of nitrogen functional groups attached to an aromatic ring is 1. The molecule has 2 aromatic rings. The van der Waals surface area contributed by atoms with Crippen molar-refractivity contribution in [1.82, 2.24) is 9.55 Å². The van der Waals surface area contributed by atoms with Gasteiger partial charge in [-0.1, -0.05) is 30.1 Å². The number of anilines is 1. The molecule has 1 heterocycles. The predicted octanol–water partition coefficient (Wildman–Crippen LogP) is 4.76. The summed E-state index contributed by atoms with van der Waals surface area (Å²) < 4.78 is 2.06. The van der Waals surface area contributed by atoms with Crippen LogP contribution < -0.4 is 5.73 Å². The molecular formula is C15H19Cl2N3. The zero-order valence-corrected chi connectivity index (χ0v) is 13.7. The molecule has 0 radical (unpaired) electrons. The number of aryl methyl sites for hydroxylation is 1. The van der Waals surface area contributed by atoms with Crippen molar-refractivity contribution in [2.45, 2.75) is 39.7 Å². The van der Waals surface area contributed by atoms with E-state index in [0.717, 1.165) is 23.5 Å². The molecule has 5 heteroatoms. The second kappa shape index (κ2) is 5.30. The average Bonchev–Trinajstić information content (AvgIpc) is 2.66. The van der Waals surface area contributed by atoms with E-state index in [0.29, 0.717) is 15.9 Å². The maximum Gasteiger partial charge on any atom is 0.132 e. The summed E-state index contributed by atoms with van der Waals surface area (Å²) in [4.78, 5) is 4.67. The predicted molar refractivity (Wildman–Crippen MR) is 86.5 cm³/mol. The lowest BCUT2D eigenvalue weighted by molar-refractivity contribution is 0.389. The normalized spacial score (nSPS) is 11.9. The number of nitrogens with two attached hydrogens (primary N) is 1. The van der Waals surface area contributed by atoms with Crippen LogP contribution in [0.2, 0.25) is 10.0 Å². The third-order valence-corrected chi connectivity index (χ3v) is 3.70. The van der Waals surface area contributed by atoms with Crippen LogP contribution in [0.3, 0.4) is 0 Å². The maximum atomic E-state index is 6.31. The van der Waals surface area contributed by atoms with Crippen molar-refractivity contribution in [2.75, 3.05) is 5.73 Å². The summed E-state index contributed by atoms with van der Waals surface area (Å²) in [5, 5.41) is 1.16. The van der Waals surface area contributed by atoms with Crippen LogP contribution in [0.15, 0.2) is 18.2 Å². The molecule has 108 valence electrons. The number of hydrogen-bond acceptors (Lipinski definition) is 2. The van der Waals surface area contributed by atoms with E-state index in [1.807, 2.05) is 6.07 Å². The molecule has 0 saturated carbocycles. The van der Waals surface area contributed by atoms with Crippen LogP contribution >= 0.6 is 23.2 Å². The zero-order valence-electron chi connectivity index (χ0n) is 12.2. The number of rotatable bonds is 2. The van der Waals surface area contributed by atoms with E-state index in [4.69, 9.17) is 28.9 Å². The number of benzene rings is 1. The lowest BCUT2D eigenvalue weighted by Crippen LogP contribution is -2.25. The molecule has 0 aliphatic rings. The molecule has 1 aromatic heterocycles. The van der Waals surface area contributed by atoms with E-state index in [1.165, 1.54) is 0 Å². The van der Waals surface area contributed by atoms with Gasteiger partial charge < -0.3 is 10.3 Å². The molecule has 0 aliphatic carbocycles. The quantitative estimate of drug-likeness (QED) is 0.869. The fourth-order valence-electron chi connectivity index (χ4n) is 2.35. The van der Waals surface area contributed by atoms with Gasteiger partial charge in [0.05, 0.1) is 5.02 Å². The molecule has 0 aliphatic heterocycles. The van der Waals surface area contributed by atoms with Crippen molar-refractivity contribution in [2.24, 2.45) is 0 Å². The Hall–Kier alpha value is -1.19. The monoisotopic (exact) mass is 311 g/mol. The SMILES string of the molecule is CCc1nc(-c2ccc(Cl)cc2Cl)c(N)n1C(C)(C)C. The number of hydrogen-bond donors (Lipinski definition) is 1. The van der Waals surface area contributed by atoms with E-state index in [1.54, 1.807) is 12.1 Å². The Bertz CT molecular complexity index is 639. The Kier molecular flexibility index (Phi) is 4.03. The van der Waals surface area contributed by atoms with E-state index in [-0.39, 0.29) is 5.54 Å². The Morgan fingerprint density at radius 3 is 2.35 bits per heavy atom. The van der Waals surface area contributed by atoms with Gasteiger partial charge in [-0.2, -0.15) is 0 Å². The van der Waals surface area contributed by atoms with Crippen molar-refractivity contribution in [3.63, 3.8) is 0 Å². The molecule has 0 amide bonds. The van der Waals surface area contributed by atoms with Gasteiger partial charge in [0.2, 0.25) is 0 Å². The maximum absolute atomic E-state index is 6.31. The van der Waals surface area contributed by atoms with Crippen molar-refractivity contribution in [1.29, 1.82) is 0 Å². The van der Waals surface area contributed by atoms with Gasteiger partial charge in [0.1, 0.15) is 17.3 Å². The Morgan fingerprint density at radius 2 is 1.90 bits per heavy atom. The number of imidazole rings is 1. The van der Waals surface area contributed by atoms with Crippen LogP contribution in [-0.4, -0.2) is 9.55 Å². The number of nitrogens with zero attached hydrogens (tertiary/aromatic N) is 2. The molecule has 0 atom stereocenters. The van der Waals surface area contributed by atoms with E-state index < -0.39 is 0 Å². The van der Waals surface area contributed by atoms with Gasteiger partial charge >= 0.3 is 0 Å². The summed E-state index contributed by atoms with van der Waals surface area (Å²) in [6.07, 6.45) is 0.812. The van der Waals surface area contributed by atoms with Gasteiger partial charge in [0.25, 0.3) is 0 Å². The van der Waals surface area contributed by atoms with Gasteiger partial charge in [0, 0.05) is 22.5 Å². The molecule has 20 heavy (non-hydrogen) atoms. The average molecular weight is 312 g/mol. The molecule has 0 fully saturated rings. The lowest BCUT2D eigenvalue weighted by atomic mass is 10.1. The van der Waals surface area contributed by atoms with Crippen LogP contribution in [0.4, 0.5) is 5.82 Å². The third kappa shape index (κ3) is 2.65. The number of aromatic nitrogens is 2. The smallest absolute Gasteiger partial charge is 0.132 e. The first kappa shape index (κ1) is 15.2. The van der Waals surface area contributed by atoms with Crippen LogP contribution in [0, 0.1) is 0 Å². The fraction of sp³-hybridized carbons (Fsp3) is 0.400. The van der Waals surface area contributed by atoms with Gasteiger partial charge in [-0.05, 0) is 39.0 Å². The first-order chi connectivity index (χ1) is 9.25. The highest BCUT2D eigenvalue weighted by Gasteiger charge is 2.24. The Morgan fingerprint density at radius 1 is 1.25 bits per heavy atom. The minimum atomic E-state index is -0.125. The van der Waals surface area contributed by atoms with Gasteiger partial charge in [-0.15, -0.1) is 0 Å². The minimum Gasteiger partial charge on any atom is -0.383 e. The van der Waals surface area contributed by atoms with Crippen LogP contribution in [0.25, 0.3) is 11.3 Å². The minimum absolute atomic E-state index is 0.125. The molecule has 2 rings (SSSR count). The highest BCUT2D eigenvalue weighted by Crippen LogP contribution is 2.36. The molecule has 3 nitrogen and oxygen atoms in total. The molecular weight excluding hydrogens is 293 g/mol. The molecule has 2 N–H and O–H groups in total. The molecule has 1 aromatic carbocycles. The largest absolute Gasteiger partial charge is 0.383 e. The van der Waals surface area contributed by atoms with Gasteiger partial charge in [-0.25, -0.2) is 4.98 Å². The van der Waals surface area contributed by atoms with Crippen LogP contribution in [0.1, 0.15) is 33.5 Å². The molecule has 0 bridgehead atoms. The Balaban J connectivity index is 2.67. The molecule has 0 saturated heterocycles. The lowest BCUT2D eigenvalue weighted by Gasteiger charge is -2.24. The van der Waals surface area contributed by atoms with Gasteiger partial charge in [0.15, 0.2) is 0 Å². The van der Waals surface area contributed by atoms with Crippen molar-refractivity contribution >= 4 is 29.0 Å². The first-order valence-electron chi connectivity index (χ1n) is 6.58. The molecule has 0 unspecified atom stereocenters.